The molecule has 0 aliphatic heterocycles. The van der Waals surface area contributed by atoms with Gasteiger partial charge >= 0.3 is 0 Å². The summed E-state index contributed by atoms with van der Waals surface area (Å²) in [5.41, 5.74) is 5.14. The fourth-order valence-corrected chi connectivity index (χ4v) is 3.76. The molecule has 1 unspecified atom stereocenters. The normalized spacial score (nSPS) is 12.6. The zero-order chi connectivity index (χ0) is 22.1. The highest BCUT2D eigenvalue weighted by atomic mass is 32.2. The molecule has 0 aliphatic rings. The Morgan fingerprint density at radius 3 is 2.40 bits per heavy atom. The number of aromatic nitrogens is 3. The number of nitrogens with one attached hydrogen (secondary N) is 1. The van der Waals surface area contributed by atoms with Crippen molar-refractivity contribution in [2.45, 2.75) is 57.4 Å². The van der Waals surface area contributed by atoms with E-state index in [0.29, 0.717) is 11.0 Å². The number of nitrogens with two attached hydrogens (primary N) is 1. The molecule has 0 aliphatic carbocycles. The van der Waals surface area contributed by atoms with Crippen molar-refractivity contribution >= 4 is 23.4 Å². The van der Waals surface area contributed by atoms with Crippen LogP contribution in [0.4, 0.5) is 5.69 Å². The molecule has 1 amide bonds. The summed E-state index contributed by atoms with van der Waals surface area (Å²) in [6, 6.07) is 14.1. The number of amides is 1. The van der Waals surface area contributed by atoms with Crippen LogP contribution in [0, 0.1) is 13.8 Å². The van der Waals surface area contributed by atoms with Crippen molar-refractivity contribution in [2.75, 3.05) is 11.2 Å². The minimum Gasteiger partial charge on any atom is -0.335 e. The third kappa shape index (κ3) is 4.84. The molecule has 158 valence electrons. The summed E-state index contributed by atoms with van der Waals surface area (Å²) in [4.78, 5) is 12.7. The van der Waals surface area contributed by atoms with Gasteiger partial charge in [-0.05, 0) is 48.9 Å². The second-order valence-corrected chi connectivity index (χ2v) is 9.88. The first-order valence-electron chi connectivity index (χ1n) is 9.92. The Bertz CT molecular complexity index is 1050. The van der Waals surface area contributed by atoms with Gasteiger partial charge in [0, 0.05) is 11.3 Å². The smallest absolute Gasteiger partial charge is 0.237 e. The lowest BCUT2D eigenvalue weighted by atomic mass is 9.87. The van der Waals surface area contributed by atoms with Crippen LogP contribution in [-0.4, -0.2) is 26.0 Å². The molecular weight excluding hydrogens is 394 g/mol. The Morgan fingerprint density at radius 1 is 1.10 bits per heavy atom. The molecule has 3 aromatic rings. The van der Waals surface area contributed by atoms with Gasteiger partial charge < -0.3 is 11.2 Å². The summed E-state index contributed by atoms with van der Waals surface area (Å²) >= 11 is 1.28. The van der Waals surface area contributed by atoms with Gasteiger partial charge in [-0.2, -0.15) is 0 Å². The predicted molar refractivity (Wildman–Crippen MR) is 124 cm³/mol. The largest absolute Gasteiger partial charge is 0.335 e. The fraction of sp³-hybridized carbons (Fsp3) is 0.348. The van der Waals surface area contributed by atoms with Gasteiger partial charge in [0.25, 0.3) is 0 Å². The lowest BCUT2D eigenvalue weighted by Gasteiger charge is -2.19. The lowest BCUT2D eigenvalue weighted by molar-refractivity contribution is -0.115. The van der Waals surface area contributed by atoms with E-state index < -0.39 is 0 Å². The van der Waals surface area contributed by atoms with Crippen LogP contribution in [0.25, 0.3) is 11.4 Å². The Kier molecular flexibility index (Phi) is 6.22. The van der Waals surface area contributed by atoms with E-state index in [9.17, 15) is 4.79 Å². The Labute approximate surface area is 182 Å². The van der Waals surface area contributed by atoms with Crippen molar-refractivity contribution in [3.05, 3.63) is 59.2 Å². The molecule has 0 saturated heterocycles. The number of carbonyl (C=O) groups is 1. The van der Waals surface area contributed by atoms with Crippen LogP contribution in [-0.2, 0) is 10.2 Å². The van der Waals surface area contributed by atoms with Gasteiger partial charge in [-0.25, -0.2) is 4.68 Å². The molecule has 0 spiro atoms. The summed E-state index contributed by atoms with van der Waals surface area (Å²) in [6.07, 6.45) is 0. The molecule has 3 rings (SSSR count). The third-order valence-electron chi connectivity index (χ3n) is 4.98. The second-order valence-electron chi connectivity index (χ2n) is 8.57. The minimum absolute atomic E-state index is 0.0777. The van der Waals surface area contributed by atoms with E-state index in [0.717, 1.165) is 22.4 Å². The summed E-state index contributed by atoms with van der Waals surface area (Å²) < 4.78 is 1.44. The average molecular weight is 424 g/mol. The van der Waals surface area contributed by atoms with Crippen LogP contribution in [0.15, 0.2) is 47.6 Å². The van der Waals surface area contributed by atoms with Crippen LogP contribution < -0.4 is 11.2 Å². The number of hydrogen-bond donors (Lipinski definition) is 2. The van der Waals surface area contributed by atoms with E-state index >= 15 is 0 Å². The number of thioether (sulfide) groups is 1. The summed E-state index contributed by atoms with van der Waals surface area (Å²) in [5.74, 6) is 6.71. The SMILES string of the molecule is Cc1ccc(C)c(NC(=O)C(C)Sc2nnc(-c3ccc(C(C)(C)C)cc3)n2N)c1. The maximum atomic E-state index is 12.7. The zero-order valence-corrected chi connectivity index (χ0v) is 19.2. The highest BCUT2D eigenvalue weighted by Gasteiger charge is 2.21. The van der Waals surface area contributed by atoms with E-state index in [2.05, 4.69) is 48.4 Å². The van der Waals surface area contributed by atoms with E-state index in [-0.39, 0.29) is 16.6 Å². The van der Waals surface area contributed by atoms with Gasteiger partial charge in [-0.1, -0.05) is 68.9 Å². The van der Waals surface area contributed by atoms with Crippen molar-refractivity contribution < 1.29 is 4.79 Å². The molecular formula is C23H29N5OS. The van der Waals surface area contributed by atoms with Crippen LogP contribution in [0.3, 0.4) is 0 Å². The molecule has 30 heavy (non-hydrogen) atoms. The summed E-state index contributed by atoms with van der Waals surface area (Å²) in [7, 11) is 0. The Hall–Kier alpha value is -2.80. The molecule has 2 aromatic carbocycles. The number of aryl methyl sites for hydroxylation is 2. The van der Waals surface area contributed by atoms with Crippen molar-refractivity contribution in [3.8, 4) is 11.4 Å². The molecule has 3 N–H and O–H groups in total. The molecule has 7 heteroatoms. The Balaban J connectivity index is 1.72. The second kappa shape index (κ2) is 8.52. The molecule has 0 bridgehead atoms. The fourth-order valence-electron chi connectivity index (χ4n) is 2.99. The van der Waals surface area contributed by atoms with Crippen LogP contribution in [0.5, 0.6) is 0 Å². The first kappa shape index (κ1) is 21.9. The van der Waals surface area contributed by atoms with Crippen molar-refractivity contribution in [1.29, 1.82) is 0 Å². The number of nitrogen functional groups attached to an aromatic ring is 1. The van der Waals surface area contributed by atoms with E-state index in [1.807, 2.05) is 51.1 Å². The lowest BCUT2D eigenvalue weighted by Crippen LogP contribution is -2.24. The number of rotatable bonds is 5. The van der Waals surface area contributed by atoms with Crippen molar-refractivity contribution in [1.82, 2.24) is 14.9 Å². The quantitative estimate of drug-likeness (QED) is 0.459. The highest BCUT2D eigenvalue weighted by Crippen LogP contribution is 2.28. The van der Waals surface area contributed by atoms with Crippen molar-refractivity contribution in [2.24, 2.45) is 0 Å². The first-order chi connectivity index (χ1) is 14.1. The monoisotopic (exact) mass is 423 g/mol. The average Bonchev–Trinajstić information content (AvgIpc) is 3.04. The zero-order valence-electron chi connectivity index (χ0n) is 18.4. The molecule has 1 aromatic heterocycles. The minimum atomic E-state index is -0.382. The number of carbonyl (C=O) groups excluding carboxylic acids is 1. The van der Waals surface area contributed by atoms with Crippen LogP contribution in [0.2, 0.25) is 0 Å². The van der Waals surface area contributed by atoms with Crippen molar-refractivity contribution in [3.63, 3.8) is 0 Å². The van der Waals surface area contributed by atoms with Gasteiger partial charge in [0.1, 0.15) is 0 Å². The van der Waals surface area contributed by atoms with E-state index in [1.165, 1.54) is 22.0 Å². The highest BCUT2D eigenvalue weighted by molar-refractivity contribution is 8.00. The predicted octanol–water partition coefficient (Wildman–Crippen LogP) is 4.69. The maximum Gasteiger partial charge on any atom is 0.237 e. The molecule has 0 fully saturated rings. The van der Waals surface area contributed by atoms with Crippen LogP contribution >= 0.6 is 11.8 Å². The topological polar surface area (TPSA) is 85.8 Å². The Morgan fingerprint density at radius 2 is 1.77 bits per heavy atom. The number of benzene rings is 2. The molecule has 1 atom stereocenters. The third-order valence-corrected chi connectivity index (χ3v) is 6.03. The molecule has 6 nitrogen and oxygen atoms in total. The van der Waals surface area contributed by atoms with Gasteiger partial charge in [-0.15, -0.1) is 10.2 Å². The standard InChI is InChI=1S/C23H29N5OS/c1-14-7-8-15(2)19(13-14)25-21(29)16(3)30-22-27-26-20(28(22)24)17-9-11-18(12-10-17)23(4,5)6/h7-13,16H,24H2,1-6H3,(H,25,29). The molecule has 0 radical (unpaired) electrons. The van der Waals surface area contributed by atoms with Gasteiger partial charge in [-0.3, -0.25) is 4.79 Å². The van der Waals surface area contributed by atoms with Gasteiger partial charge in [0.15, 0.2) is 5.82 Å². The summed E-state index contributed by atoms with van der Waals surface area (Å²) in [5, 5.41) is 11.5. The van der Waals surface area contributed by atoms with Crippen LogP contribution in [0.1, 0.15) is 44.4 Å². The molecule has 1 heterocycles. The maximum absolute atomic E-state index is 12.7. The number of anilines is 1. The van der Waals surface area contributed by atoms with Gasteiger partial charge in [0.2, 0.25) is 11.1 Å². The summed E-state index contributed by atoms with van der Waals surface area (Å²) in [6.45, 7) is 12.3. The number of hydrogen-bond acceptors (Lipinski definition) is 5. The van der Waals surface area contributed by atoms with Gasteiger partial charge in [0.05, 0.1) is 5.25 Å². The number of nitrogens with zero attached hydrogens (tertiary/aromatic N) is 3. The van der Waals surface area contributed by atoms with E-state index in [4.69, 9.17) is 5.84 Å². The van der Waals surface area contributed by atoms with E-state index in [1.54, 1.807) is 0 Å². The first-order valence-corrected chi connectivity index (χ1v) is 10.8. The molecule has 0 saturated carbocycles.